The van der Waals surface area contributed by atoms with Crippen molar-refractivity contribution in [3.8, 4) is 10.0 Å². The molecule has 4 aliphatic heterocycles. The zero-order chi connectivity index (χ0) is 53.0. The van der Waals surface area contributed by atoms with Gasteiger partial charge < -0.3 is 26.8 Å². The number of hydrogen-bond acceptors (Lipinski definition) is 13. The molecule has 0 aliphatic carbocycles. The van der Waals surface area contributed by atoms with Crippen LogP contribution in [0.25, 0.3) is 10.0 Å². The minimum absolute atomic E-state index is 0.000000000000000222. The molecular weight excluding hydrogens is 1030 g/mol. The number of nitrogens with zero attached hydrogens (tertiary/aromatic N) is 8. The third-order valence-corrected chi connectivity index (χ3v) is 16.2. The summed E-state index contributed by atoms with van der Waals surface area (Å²) in [4.78, 5) is 60.0. The highest BCUT2D eigenvalue weighted by atomic mass is 35.5. The lowest BCUT2D eigenvalue weighted by Gasteiger charge is -2.13. The Balaban J connectivity index is 0.000000146. The summed E-state index contributed by atoms with van der Waals surface area (Å²) in [5.74, 6) is 1.42. The SMILES string of the molecule is Cc1sc2c(c1C)C(c1ccc(Cl)cc1)=N[C@@H](CC(=O)Nc1ccc3c(c1)CNC3=O)c1nnc(C)n1-2.Cc1sc2c(c1C)C(c1ccc(Cl)cc1)=N[C@@H](CC(=O)O)c1nnc(C)n1-2.Nc1ccc2c(c1)CNC2=O. The molecule has 2 atom stereocenters. The molecule has 8 heterocycles. The second kappa shape index (κ2) is 20.5. The molecule has 3 amide bonds. The van der Waals surface area contributed by atoms with Crippen molar-refractivity contribution in [2.45, 2.75) is 79.6 Å². The highest BCUT2D eigenvalue weighted by Gasteiger charge is 2.34. The number of carboxylic acid groups (broad SMARTS) is 1. The molecule has 0 saturated heterocycles. The van der Waals surface area contributed by atoms with Crippen LogP contribution in [0, 0.1) is 41.5 Å². The van der Waals surface area contributed by atoms with Gasteiger partial charge in [-0.25, -0.2) is 0 Å². The number of aromatic nitrogens is 6. The van der Waals surface area contributed by atoms with Crippen LogP contribution < -0.4 is 21.7 Å². The number of hydrogen-bond donors (Lipinski definition) is 5. The lowest BCUT2D eigenvalue weighted by molar-refractivity contribution is -0.137. The van der Waals surface area contributed by atoms with Gasteiger partial charge in [0.15, 0.2) is 11.6 Å². The van der Waals surface area contributed by atoms with Crippen molar-refractivity contribution < 1.29 is 24.3 Å². The third-order valence-electron chi connectivity index (χ3n) is 13.3. The van der Waals surface area contributed by atoms with Crippen molar-refractivity contribution in [1.82, 2.24) is 40.2 Å². The van der Waals surface area contributed by atoms with E-state index >= 15 is 0 Å². The fourth-order valence-corrected chi connectivity index (χ4v) is 12.1. The van der Waals surface area contributed by atoms with Gasteiger partial charge in [-0.3, -0.25) is 38.3 Å². The van der Waals surface area contributed by atoms with Gasteiger partial charge in [-0.1, -0.05) is 47.5 Å². The molecule has 0 bridgehead atoms. The molecule has 4 aliphatic rings. The molecule has 0 radical (unpaired) electrons. The molecule has 12 rings (SSSR count). The van der Waals surface area contributed by atoms with Gasteiger partial charge in [0, 0.05) is 77.6 Å². The molecule has 4 aromatic carbocycles. The number of thiophene rings is 2. The van der Waals surface area contributed by atoms with Gasteiger partial charge in [-0.15, -0.1) is 43.1 Å². The van der Waals surface area contributed by atoms with Crippen LogP contribution in [0.4, 0.5) is 11.4 Å². The predicted octanol–water partition coefficient (Wildman–Crippen LogP) is 9.86. The van der Waals surface area contributed by atoms with Crippen LogP contribution in [0.15, 0.2) is 94.9 Å². The number of nitrogen functional groups attached to an aromatic ring is 1. The van der Waals surface area contributed by atoms with Crippen molar-refractivity contribution in [3.63, 3.8) is 0 Å². The molecule has 6 N–H and O–H groups in total. The Morgan fingerprint density at radius 2 is 1.11 bits per heavy atom. The minimum Gasteiger partial charge on any atom is -0.481 e. The fourth-order valence-electron chi connectivity index (χ4n) is 9.38. The maximum absolute atomic E-state index is 13.3. The first-order valence-corrected chi connectivity index (χ1v) is 26.1. The first-order chi connectivity index (χ1) is 35.9. The second-order valence-electron chi connectivity index (χ2n) is 18.3. The Morgan fingerprint density at radius 1 is 0.653 bits per heavy atom. The van der Waals surface area contributed by atoms with Crippen LogP contribution in [-0.4, -0.2) is 69.7 Å². The third kappa shape index (κ3) is 9.86. The van der Waals surface area contributed by atoms with Gasteiger partial charge >= 0.3 is 5.97 Å². The number of fused-ring (bicyclic) bond motifs is 8. The number of aryl methyl sites for hydroxylation is 4. The molecular formula is C54H48Cl2N12O5S2. The molecule has 4 aromatic heterocycles. The summed E-state index contributed by atoms with van der Waals surface area (Å²) in [5.41, 5.74) is 17.8. The number of amides is 3. The fraction of sp³-hybridized carbons (Fsp3) is 0.222. The number of carboxylic acids is 1. The van der Waals surface area contributed by atoms with E-state index in [2.05, 4.69) is 64.0 Å². The number of anilines is 2. The molecule has 0 spiro atoms. The van der Waals surface area contributed by atoms with E-state index in [0.717, 1.165) is 83.1 Å². The Morgan fingerprint density at radius 3 is 1.59 bits per heavy atom. The zero-order valence-electron chi connectivity index (χ0n) is 41.4. The van der Waals surface area contributed by atoms with Crippen LogP contribution in [-0.2, 0) is 22.7 Å². The van der Waals surface area contributed by atoms with Gasteiger partial charge in [0.1, 0.15) is 33.7 Å². The highest BCUT2D eigenvalue weighted by Crippen LogP contribution is 2.41. The van der Waals surface area contributed by atoms with Crippen molar-refractivity contribution in [1.29, 1.82) is 0 Å². The van der Waals surface area contributed by atoms with Crippen molar-refractivity contribution >= 4 is 92.4 Å². The van der Waals surface area contributed by atoms with Gasteiger partial charge in [0.05, 0.1) is 24.3 Å². The topological polar surface area (TPSA) is 237 Å². The van der Waals surface area contributed by atoms with E-state index in [1.165, 1.54) is 9.75 Å². The molecule has 17 nitrogen and oxygen atoms in total. The monoisotopic (exact) mass is 1080 g/mol. The molecule has 75 heavy (non-hydrogen) atoms. The summed E-state index contributed by atoms with van der Waals surface area (Å²) in [7, 11) is 0. The normalized spacial score (nSPS) is 15.6. The molecule has 0 unspecified atom stereocenters. The highest BCUT2D eigenvalue weighted by molar-refractivity contribution is 7.15. The van der Waals surface area contributed by atoms with Crippen LogP contribution >= 0.6 is 45.9 Å². The second-order valence-corrected chi connectivity index (χ2v) is 21.6. The number of carbonyl (C=O) groups excluding carboxylic acids is 3. The summed E-state index contributed by atoms with van der Waals surface area (Å²) in [5, 5.41) is 38.4. The van der Waals surface area contributed by atoms with E-state index in [4.69, 9.17) is 38.9 Å². The summed E-state index contributed by atoms with van der Waals surface area (Å²) in [6.07, 6.45) is -0.0708. The summed E-state index contributed by atoms with van der Waals surface area (Å²) >= 11 is 15.5. The summed E-state index contributed by atoms with van der Waals surface area (Å²) < 4.78 is 3.97. The van der Waals surface area contributed by atoms with Crippen LogP contribution in [0.3, 0.4) is 0 Å². The van der Waals surface area contributed by atoms with Gasteiger partial charge in [0.2, 0.25) is 5.91 Å². The average Bonchev–Trinajstić information content (AvgIpc) is 4.23. The maximum Gasteiger partial charge on any atom is 0.306 e. The first kappa shape index (κ1) is 50.7. The Hall–Kier alpha value is -7.84. The Bertz CT molecular complexity index is 3710. The molecule has 8 aromatic rings. The first-order valence-electron chi connectivity index (χ1n) is 23.8. The van der Waals surface area contributed by atoms with Crippen LogP contribution in [0.2, 0.25) is 10.0 Å². The number of nitrogens with two attached hydrogens (primary N) is 1. The van der Waals surface area contributed by atoms with E-state index in [-0.39, 0.29) is 30.6 Å². The quantitative estimate of drug-likeness (QED) is 0.0947. The zero-order valence-corrected chi connectivity index (χ0v) is 44.5. The number of aliphatic carboxylic acids is 1. The standard InChI is InChI=1S/C27H23ClN6O2S.C19H17ClN4O2S.C8H8N2O/c1-13-14(2)37-27-23(13)24(16-4-6-18(28)7-5-16)31-21(25-33-32-15(3)34(25)27)11-22(35)30-19-8-9-20-17(10-19)12-29-26(20)36;1-9-10(2)27-19-16(9)17(12-4-6-13(20)7-5-12)21-14(8-15(25)26)18-23-22-11(3)24(18)19;9-6-1-2-7-5(3-6)4-10-8(7)11/h4-10,21H,11-12H2,1-3H3,(H,29,36)(H,30,35);4-7,14H,8H2,1-3H3,(H,25,26);1-3H,4,9H2,(H,10,11)/t21-;14-;/m00./s1. The van der Waals surface area contributed by atoms with Gasteiger partial charge in [-0.05, 0) is 124 Å². The molecule has 21 heteroatoms. The Kier molecular flexibility index (Phi) is 13.8. The van der Waals surface area contributed by atoms with Crippen LogP contribution in [0.1, 0.15) is 123 Å². The lowest BCUT2D eigenvalue weighted by atomic mass is 9.99. The lowest BCUT2D eigenvalue weighted by Crippen LogP contribution is -2.17. The predicted molar refractivity (Wildman–Crippen MR) is 292 cm³/mol. The average molecular weight is 1080 g/mol. The number of benzene rings is 4. The van der Waals surface area contributed by atoms with Crippen molar-refractivity contribution in [2.75, 3.05) is 11.1 Å². The number of carbonyl (C=O) groups is 4. The molecule has 0 saturated carbocycles. The number of nitrogens with one attached hydrogen (secondary N) is 3. The number of rotatable bonds is 7. The van der Waals surface area contributed by atoms with Crippen molar-refractivity contribution in [2.24, 2.45) is 9.98 Å². The van der Waals surface area contributed by atoms with E-state index in [0.29, 0.717) is 51.7 Å². The van der Waals surface area contributed by atoms with Gasteiger partial charge in [0.25, 0.3) is 11.8 Å². The number of aliphatic imine (C=N–C) groups is 2. The largest absolute Gasteiger partial charge is 0.481 e. The van der Waals surface area contributed by atoms with E-state index in [9.17, 15) is 24.3 Å². The van der Waals surface area contributed by atoms with Gasteiger partial charge in [-0.2, -0.15) is 0 Å². The minimum atomic E-state index is -0.926. The van der Waals surface area contributed by atoms with E-state index in [1.807, 2.05) is 83.6 Å². The molecule has 380 valence electrons. The summed E-state index contributed by atoms with van der Waals surface area (Å²) in [6.45, 7) is 13.2. The van der Waals surface area contributed by atoms with Crippen molar-refractivity contribution in [3.05, 3.63) is 184 Å². The summed E-state index contributed by atoms with van der Waals surface area (Å²) in [6, 6.07) is 24.5. The number of halogens is 2. The molecule has 0 fully saturated rings. The smallest absolute Gasteiger partial charge is 0.306 e. The maximum atomic E-state index is 13.3. The van der Waals surface area contributed by atoms with E-state index < -0.39 is 18.1 Å². The van der Waals surface area contributed by atoms with Crippen LogP contribution in [0.5, 0.6) is 0 Å². The Labute approximate surface area is 448 Å². The van der Waals surface area contributed by atoms with E-state index in [1.54, 1.807) is 46.9 Å².